The van der Waals surface area contributed by atoms with Gasteiger partial charge in [-0.25, -0.2) is 4.98 Å². The van der Waals surface area contributed by atoms with Crippen LogP contribution in [0.5, 0.6) is 0 Å². The fraction of sp³-hybridized carbons (Fsp3) is 0.429. The number of nitrogens with zero attached hydrogens (tertiary/aromatic N) is 2. The lowest BCUT2D eigenvalue weighted by Crippen LogP contribution is -2.23. The summed E-state index contributed by atoms with van der Waals surface area (Å²) in [7, 11) is 0. The molecule has 1 aromatic carbocycles. The van der Waals surface area contributed by atoms with E-state index < -0.39 is 0 Å². The van der Waals surface area contributed by atoms with Crippen LogP contribution >= 0.6 is 15.9 Å². The van der Waals surface area contributed by atoms with Gasteiger partial charge in [-0.05, 0) is 39.9 Å². The highest BCUT2D eigenvalue weighted by atomic mass is 79.9. The van der Waals surface area contributed by atoms with Gasteiger partial charge in [0.25, 0.3) is 5.56 Å². The van der Waals surface area contributed by atoms with Crippen LogP contribution in [0.3, 0.4) is 0 Å². The molecular formula is C14H17BrN2O. The first kappa shape index (κ1) is 13.3. The quantitative estimate of drug-likeness (QED) is 0.849. The van der Waals surface area contributed by atoms with E-state index in [1.54, 1.807) is 10.9 Å². The Morgan fingerprint density at radius 2 is 2.06 bits per heavy atom. The van der Waals surface area contributed by atoms with Gasteiger partial charge in [0.2, 0.25) is 0 Å². The smallest absolute Gasteiger partial charge is 0.262 e. The summed E-state index contributed by atoms with van der Waals surface area (Å²) >= 11 is 3.42. The van der Waals surface area contributed by atoms with Gasteiger partial charge in [-0.2, -0.15) is 0 Å². The summed E-state index contributed by atoms with van der Waals surface area (Å²) in [5.41, 5.74) is 0.973. The SMILES string of the molecule is CC(C)(C)CCn1cnc2cccc(Br)c2c1=O. The molecule has 0 N–H and O–H groups in total. The molecule has 4 heteroatoms. The van der Waals surface area contributed by atoms with Gasteiger partial charge in [-0.1, -0.05) is 26.8 Å². The van der Waals surface area contributed by atoms with Crippen molar-refractivity contribution in [2.75, 3.05) is 0 Å². The first-order valence-corrected chi connectivity index (χ1v) is 6.81. The standard InChI is InChI=1S/C14H17BrN2O/c1-14(2,3)7-8-17-9-16-11-6-4-5-10(15)12(11)13(17)18/h4-6,9H,7-8H2,1-3H3. The molecule has 0 aliphatic rings. The van der Waals surface area contributed by atoms with E-state index in [4.69, 9.17) is 0 Å². The Morgan fingerprint density at radius 1 is 1.33 bits per heavy atom. The third-order valence-electron chi connectivity index (χ3n) is 2.91. The molecule has 0 radical (unpaired) electrons. The van der Waals surface area contributed by atoms with Crippen molar-refractivity contribution in [3.63, 3.8) is 0 Å². The van der Waals surface area contributed by atoms with Gasteiger partial charge >= 0.3 is 0 Å². The van der Waals surface area contributed by atoms with E-state index in [-0.39, 0.29) is 11.0 Å². The molecule has 3 nitrogen and oxygen atoms in total. The minimum Gasteiger partial charge on any atom is -0.299 e. The van der Waals surface area contributed by atoms with Crippen LogP contribution in [0.1, 0.15) is 27.2 Å². The van der Waals surface area contributed by atoms with Gasteiger partial charge in [0.15, 0.2) is 0 Å². The van der Waals surface area contributed by atoms with E-state index in [1.165, 1.54) is 0 Å². The van der Waals surface area contributed by atoms with Crippen molar-refractivity contribution in [3.8, 4) is 0 Å². The summed E-state index contributed by atoms with van der Waals surface area (Å²) in [5, 5.41) is 0.661. The molecule has 2 aromatic rings. The fourth-order valence-electron chi connectivity index (χ4n) is 1.78. The van der Waals surface area contributed by atoms with E-state index in [1.807, 2.05) is 18.2 Å². The molecule has 2 rings (SSSR count). The monoisotopic (exact) mass is 308 g/mol. The van der Waals surface area contributed by atoms with Gasteiger partial charge in [-0.15, -0.1) is 0 Å². The fourth-order valence-corrected chi connectivity index (χ4v) is 2.30. The van der Waals surface area contributed by atoms with Crippen LogP contribution in [-0.2, 0) is 6.54 Å². The third kappa shape index (κ3) is 2.80. The van der Waals surface area contributed by atoms with Gasteiger partial charge < -0.3 is 0 Å². The lowest BCUT2D eigenvalue weighted by atomic mass is 9.92. The van der Waals surface area contributed by atoms with Crippen molar-refractivity contribution in [3.05, 3.63) is 39.4 Å². The molecule has 0 atom stereocenters. The van der Waals surface area contributed by atoms with Crippen LogP contribution in [-0.4, -0.2) is 9.55 Å². The Labute approximate surface area is 115 Å². The van der Waals surface area contributed by atoms with Crippen molar-refractivity contribution in [2.45, 2.75) is 33.7 Å². The average molecular weight is 309 g/mol. The zero-order valence-electron chi connectivity index (χ0n) is 10.9. The molecule has 0 unspecified atom stereocenters. The molecule has 0 aliphatic carbocycles. The zero-order chi connectivity index (χ0) is 13.3. The Bertz CT molecular complexity index is 626. The van der Waals surface area contributed by atoms with E-state index in [2.05, 4.69) is 41.7 Å². The van der Waals surface area contributed by atoms with Crippen LogP contribution in [0.25, 0.3) is 10.9 Å². The van der Waals surface area contributed by atoms with Crippen molar-refractivity contribution in [1.29, 1.82) is 0 Å². The minimum atomic E-state index is 0.0247. The summed E-state index contributed by atoms with van der Waals surface area (Å²) < 4.78 is 2.50. The molecule has 0 fully saturated rings. The first-order chi connectivity index (χ1) is 8.38. The lowest BCUT2D eigenvalue weighted by molar-refractivity contribution is 0.347. The Morgan fingerprint density at radius 3 is 2.72 bits per heavy atom. The van der Waals surface area contributed by atoms with Crippen molar-refractivity contribution in [1.82, 2.24) is 9.55 Å². The first-order valence-electron chi connectivity index (χ1n) is 6.02. The Balaban J connectivity index is 2.45. The normalized spacial score (nSPS) is 12.0. The maximum Gasteiger partial charge on any atom is 0.262 e. The van der Waals surface area contributed by atoms with Crippen molar-refractivity contribution in [2.24, 2.45) is 5.41 Å². The van der Waals surface area contributed by atoms with Gasteiger partial charge in [0.05, 0.1) is 17.2 Å². The minimum absolute atomic E-state index is 0.0247. The molecule has 18 heavy (non-hydrogen) atoms. The molecule has 0 spiro atoms. The predicted molar refractivity (Wildman–Crippen MR) is 77.8 cm³/mol. The van der Waals surface area contributed by atoms with Crippen LogP contribution in [0.15, 0.2) is 33.8 Å². The largest absolute Gasteiger partial charge is 0.299 e. The Hall–Kier alpha value is -1.16. The maximum absolute atomic E-state index is 12.4. The number of hydrogen-bond acceptors (Lipinski definition) is 2. The number of aromatic nitrogens is 2. The molecule has 1 aromatic heterocycles. The number of aryl methyl sites for hydroxylation is 1. The molecule has 0 saturated heterocycles. The second-order valence-corrected chi connectivity index (χ2v) is 6.54. The molecule has 96 valence electrons. The number of hydrogen-bond donors (Lipinski definition) is 0. The van der Waals surface area contributed by atoms with Crippen molar-refractivity contribution >= 4 is 26.8 Å². The summed E-state index contributed by atoms with van der Waals surface area (Å²) in [6, 6.07) is 5.62. The van der Waals surface area contributed by atoms with Crippen LogP contribution in [0.2, 0.25) is 0 Å². The molecule has 0 saturated carbocycles. The number of benzene rings is 1. The number of rotatable bonds is 2. The lowest BCUT2D eigenvalue weighted by Gasteiger charge is -2.18. The van der Waals surface area contributed by atoms with Crippen molar-refractivity contribution < 1.29 is 0 Å². The maximum atomic E-state index is 12.4. The zero-order valence-corrected chi connectivity index (χ0v) is 12.5. The number of fused-ring (bicyclic) bond motifs is 1. The van der Waals surface area contributed by atoms with Gasteiger partial charge in [-0.3, -0.25) is 9.36 Å². The van der Waals surface area contributed by atoms with E-state index in [0.717, 1.165) is 16.4 Å². The third-order valence-corrected chi connectivity index (χ3v) is 3.57. The second-order valence-electron chi connectivity index (χ2n) is 5.69. The van der Waals surface area contributed by atoms with Gasteiger partial charge in [0, 0.05) is 11.0 Å². The highest BCUT2D eigenvalue weighted by Crippen LogP contribution is 2.20. The Kier molecular flexibility index (Phi) is 3.57. The molecule has 0 aliphatic heterocycles. The summed E-state index contributed by atoms with van der Waals surface area (Å²) in [6.45, 7) is 7.21. The van der Waals surface area contributed by atoms with E-state index >= 15 is 0 Å². The van der Waals surface area contributed by atoms with Crippen LogP contribution < -0.4 is 5.56 Å². The highest BCUT2D eigenvalue weighted by Gasteiger charge is 2.12. The van der Waals surface area contributed by atoms with E-state index in [0.29, 0.717) is 11.9 Å². The topological polar surface area (TPSA) is 34.9 Å². The second kappa shape index (κ2) is 4.84. The summed E-state index contributed by atoms with van der Waals surface area (Å²) in [4.78, 5) is 16.7. The number of halogens is 1. The average Bonchev–Trinajstić information content (AvgIpc) is 2.27. The summed E-state index contributed by atoms with van der Waals surface area (Å²) in [5.74, 6) is 0. The van der Waals surface area contributed by atoms with E-state index in [9.17, 15) is 4.79 Å². The van der Waals surface area contributed by atoms with Crippen LogP contribution in [0, 0.1) is 5.41 Å². The van der Waals surface area contributed by atoms with Crippen LogP contribution in [0.4, 0.5) is 0 Å². The molecule has 1 heterocycles. The molecule has 0 bridgehead atoms. The predicted octanol–water partition coefficient (Wildman–Crippen LogP) is 3.60. The molecule has 0 amide bonds. The molecular weight excluding hydrogens is 292 g/mol. The highest BCUT2D eigenvalue weighted by molar-refractivity contribution is 9.10. The van der Waals surface area contributed by atoms with Gasteiger partial charge in [0.1, 0.15) is 0 Å². The summed E-state index contributed by atoms with van der Waals surface area (Å²) in [6.07, 6.45) is 2.59.